The third kappa shape index (κ3) is 3.82. The maximum atomic E-state index is 5.06. The Morgan fingerprint density at radius 1 is 1.50 bits per heavy atom. The van der Waals surface area contributed by atoms with Gasteiger partial charge in [0.15, 0.2) is 0 Å². The Morgan fingerprint density at radius 3 is 2.80 bits per heavy atom. The smallest absolute Gasteiger partial charge is 0 e. The second-order valence-corrected chi connectivity index (χ2v) is 2.65. The summed E-state index contributed by atoms with van der Waals surface area (Å²) in [6, 6.07) is 0. The van der Waals surface area contributed by atoms with Crippen LogP contribution in [0.5, 0.6) is 0 Å². The molecule has 1 saturated carbocycles. The Hall–Kier alpha value is 0.774. The fraction of sp³-hybridized carbons (Fsp3) is 0.750. The van der Waals surface area contributed by atoms with Gasteiger partial charge in [-0.05, 0) is 6.54 Å². The van der Waals surface area contributed by atoms with Gasteiger partial charge in [0.25, 0.3) is 0 Å². The minimum atomic E-state index is 0. The Labute approximate surface area is 88.6 Å². The maximum absolute atomic E-state index is 5.06. The van der Waals surface area contributed by atoms with E-state index in [2.05, 4.69) is 11.4 Å². The van der Waals surface area contributed by atoms with Crippen LogP contribution in [0.4, 0.5) is 0 Å². The molecule has 0 aromatic carbocycles. The van der Waals surface area contributed by atoms with Crippen LogP contribution in [0.2, 0.25) is 0 Å². The summed E-state index contributed by atoms with van der Waals surface area (Å²) < 4.78 is 0. The van der Waals surface area contributed by atoms with E-state index in [9.17, 15) is 0 Å². The molecule has 0 spiro atoms. The van der Waals surface area contributed by atoms with Gasteiger partial charge in [-0.25, -0.2) is 0 Å². The van der Waals surface area contributed by atoms with Gasteiger partial charge in [-0.15, -0.1) is 0 Å². The van der Waals surface area contributed by atoms with E-state index in [1.54, 1.807) is 0 Å². The Kier molecular flexibility index (Phi) is 6.98. The van der Waals surface area contributed by atoms with E-state index in [4.69, 9.17) is 6.72 Å². The summed E-state index contributed by atoms with van der Waals surface area (Å²) in [5.41, 5.74) is 0. The maximum Gasteiger partial charge on any atom is 0 e. The fourth-order valence-corrected chi connectivity index (χ4v) is 1.32. The van der Waals surface area contributed by atoms with Gasteiger partial charge in [-0.2, -0.15) is 12.3 Å². The minimum Gasteiger partial charge on any atom is -0.508 e. The second-order valence-electron chi connectivity index (χ2n) is 2.65. The monoisotopic (exact) mass is 212 g/mol. The summed E-state index contributed by atoms with van der Waals surface area (Å²) in [6.45, 7) is 5.90. The SMILES string of the molecule is [CH-]=NCC1[CH-]CCCC1.[Y]. The van der Waals surface area contributed by atoms with Crippen LogP contribution in [0, 0.1) is 12.3 Å². The van der Waals surface area contributed by atoms with Gasteiger partial charge in [0.1, 0.15) is 0 Å². The number of nitrogens with zero attached hydrogens (tertiary/aromatic N) is 1. The molecule has 2 heteroatoms. The van der Waals surface area contributed by atoms with E-state index < -0.39 is 0 Å². The number of aliphatic imine (C=N–C) groups is 1. The molecule has 1 radical (unpaired) electrons. The van der Waals surface area contributed by atoms with E-state index in [0.717, 1.165) is 6.54 Å². The normalized spacial score (nSPS) is 25.0. The number of hydrogen-bond acceptors (Lipinski definition) is 1. The average Bonchev–Trinajstić information content (AvgIpc) is 1.91. The van der Waals surface area contributed by atoms with Gasteiger partial charge in [-0.3, -0.25) is 0 Å². The Bertz CT molecular complexity index is 87.3. The topological polar surface area (TPSA) is 12.4 Å². The molecular formula is C8H13NY-2. The standard InChI is InChI=1S/C8H13N.Y/c1-9-7-8-5-3-2-4-6-8;/h1,5,8H,2-4,6-7H2;/q-2;. The molecule has 1 atom stereocenters. The molecule has 0 saturated heterocycles. The molecule has 10 heavy (non-hydrogen) atoms. The second kappa shape index (κ2) is 6.48. The molecular weight excluding hydrogens is 199 g/mol. The molecule has 0 aromatic rings. The third-order valence-electron chi connectivity index (χ3n) is 1.87. The van der Waals surface area contributed by atoms with Gasteiger partial charge >= 0.3 is 0 Å². The van der Waals surface area contributed by atoms with Crippen LogP contribution in [0.15, 0.2) is 4.99 Å². The van der Waals surface area contributed by atoms with Crippen LogP contribution in [0.25, 0.3) is 0 Å². The van der Waals surface area contributed by atoms with Crippen molar-refractivity contribution >= 4 is 6.72 Å². The van der Waals surface area contributed by atoms with Crippen LogP contribution >= 0.6 is 0 Å². The molecule has 1 fully saturated rings. The van der Waals surface area contributed by atoms with E-state index in [1.165, 1.54) is 25.7 Å². The van der Waals surface area contributed by atoms with Crippen LogP contribution in [-0.2, 0) is 32.7 Å². The van der Waals surface area contributed by atoms with Crippen molar-refractivity contribution in [1.29, 1.82) is 0 Å². The molecule has 1 aliphatic rings. The number of hydrogen-bond donors (Lipinski definition) is 0. The zero-order valence-electron chi connectivity index (χ0n) is 6.29. The molecule has 0 N–H and O–H groups in total. The van der Waals surface area contributed by atoms with Gasteiger partial charge in [0, 0.05) is 32.7 Å². The zero-order valence-corrected chi connectivity index (χ0v) is 9.13. The summed E-state index contributed by atoms with van der Waals surface area (Å²) in [7, 11) is 0. The first-order valence-electron chi connectivity index (χ1n) is 3.63. The van der Waals surface area contributed by atoms with Crippen molar-refractivity contribution in [3.05, 3.63) is 6.42 Å². The Balaban J connectivity index is 0.000000810. The Morgan fingerprint density at radius 2 is 2.30 bits per heavy atom. The molecule has 0 heterocycles. The summed E-state index contributed by atoms with van der Waals surface area (Å²) in [6.07, 6.45) is 7.62. The van der Waals surface area contributed by atoms with Crippen molar-refractivity contribution < 1.29 is 32.7 Å². The zero-order chi connectivity index (χ0) is 6.53. The van der Waals surface area contributed by atoms with E-state index in [-0.39, 0.29) is 32.7 Å². The molecule has 0 amide bonds. The summed E-state index contributed by atoms with van der Waals surface area (Å²) in [5, 5.41) is 0. The van der Waals surface area contributed by atoms with E-state index >= 15 is 0 Å². The van der Waals surface area contributed by atoms with E-state index in [1.807, 2.05) is 0 Å². The quantitative estimate of drug-likeness (QED) is 0.490. The molecule has 1 unspecified atom stereocenters. The summed E-state index contributed by atoms with van der Waals surface area (Å²) >= 11 is 0. The van der Waals surface area contributed by atoms with Crippen LogP contribution in [0.3, 0.4) is 0 Å². The molecule has 0 aliphatic heterocycles. The van der Waals surface area contributed by atoms with Gasteiger partial charge in [-0.1, -0.05) is 19.3 Å². The minimum absolute atomic E-state index is 0. The molecule has 1 aliphatic carbocycles. The third-order valence-corrected chi connectivity index (χ3v) is 1.87. The fourth-order valence-electron chi connectivity index (χ4n) is 1.32. The summed E-state index contributed by atoms with van der Waals surface area (Å²) in [5.74, 6) is 0.684. The van der Waals surface area contributed by atoms with Gasteiger partial charge in [0.2, 0.25) is 0 Å². The molecule has 55 valence electrons. The van der Waals surface area contributed by atoms with Crippen LogP contribution < -0.4 is 0 Å². The molecule has 0 bridgehead atoms. The van der Waals surface area contributed by atoms with Crippen molar-refractivity contribution in [3.63, 3.8) is 0 Å². The predicted octanol–water partition coefficient (Wildman–Crippen LogP) is 1.96. The van der Waals surface area contributed by atoms with Crippen LogP contribution in [0.1, 0.15) is 25.7 Å². The first kappa shape index (κ1) is 10.8. The first-order chi connectivity index (χ1) is 4.43. The van der Waals surface area contributed by atoms with Crippen molar-refractivity contribution in [2.24, 2.45) is 10.9 Å². The van der Waals surface area contributed by atoms with Crippen molar-refractivity contribution in [1.82, 2.24) is 0 Å². The average molecular weight is 212 g/mol. The van der Waals surface area contributed by atoms with Gasteiger partial charge < -0.3 is 18.1 Å². The largest absolute Gasteiger partial charge is 0.508 e. The van der Waals surface area contributed by atoms with E-state index in [0.29, 0.717) is 5.92 Å². The predicted molar refractivity (Wildman–Crippen MR) is 39.6 cm³/mol. The van der Waals surface area contributed by atoms with Crippen molar-refractivity contribution in [2.75, 3.05) is 6.54 Å². The molecule has 1 rings (SSSR count). The molecule has 0 aromatic heterocycles. The van der Waals surface area contributed by atoms with Crippen molar-refractivity contribution in [2.45, 2.75) is 25.7 Å². The van der Waals surface area contributed by atoms with Crippen LogP contribution in [-0.4, -0.2) is 13.3 Å². The number of rotatable bonds is 2. The summed E-state index contributed by atoms with van der Waals surface area (Å²) in [4.78, 5) is 3.63. The first-order valence-corrected chi connectivity index (χ1v) is 3.63. The van der Waals surface area contributed by atoms with Gasteiger partial charge in [0.05, 0.1) is 0 Å². The van der Waals surface area contributed by atoms with Crippen molar-refractivity contribution in [3.8, 4) is 0 Å². The molecule has 1 nitrogen and oxygen atoms in total.